The van der Waals surface area contributed by atoms with Crippen molar-refractivity contribution in [2.75, 3.05) is 0 Å². The van der Waals surface area contributed by atoms with Gasteiger partial charge in [-0.15, -0.1) is 0 Å². The second kappa shape index (κ2) is 3.99. The Kier molecular flexibility index (Phi) is 3.14. The molecule has 1 rings (SSSR count). The summed E-state index contributed by atoms with van der Waals surface area (Å²) in [6.45, 7) is 8.09. The van der Waals surface area contributed by atoms with Crippen molar-refractivity contribution in [3.8, 4) is 0 Å². The van der Waals surface area contributed by atoms with E-state index in [2.05, 4.69) is 11.9 Å². The topological polar surface area (TPSA) is 32.9 Å². The summed E-state index contributed by atoms with van der Waals surface area (Å²) in [5.41, 5.74) is 1.62. The fourth-order valence-corrected chi connectivity index (χ4v) is 1.30. The average Bonchev–Trinajstić information content (AvgIpc) is 2.64. The number of nitrogens with one attached hydrogen (secondary N) is 1. The number of hydrogen-bond donors (Lipinski definition) is 1. The van der Waals surface area contributed by atoms with Gasteiger partial charge in [0.1, 0.15) is 0 Å². The molecule has 0 bridgehead atoms. The molecule has 0 spiro atoms. The van der Waals surface area contributed by atoms with Gasteiger partial charge < -0.3 is 4.98 Å². The quantitative estimate of drug-likeness (QED) is 0.732. The lowest BCUT2D eigenvalue weighted by Gasteiger charge is -2.19. The van der Waals surface area contributed by atoms with Gasteiger partial charge in [-0.1, -0.05) is 27.7 Å². The molecule has 0 radical (unpaired) electrons. The molecular formula is C12H19NO. The highest BCUT2D eigenvalue weighted by molar-refractivity contribution is 5.98. The normalized spacial score (nSPS) is 11.7. The lowest BCUT2D eigenvalue weighted by molar-refractivity contribution is 0.0828. The fourth-order valence-electron chi connectivity index (χ4n) is 1.30. The van der Waals surface area contributed by atoms with Crippen LogP contribution in [-0.4, -0.2) is 10.8 Å². The zero-order valence-electron chi connectivity index (χ0n) is 9.48. The molecule has 0 aliphatic heterocycles. The van der Waals surface area contributed by atoms with Crippen LogP contribution >= 0.6 is 0 Å². The molecule has 0 saturated carbocycles. The van der Waals surface area contributed by atoms with Crippen molar-refractivity contribution in [2.24, 2.45) is 5.41 Å². The SMILES string of the molecule is CCc1ccc(C(=O)C(C)(C)CC)[nH]1. The van der Waals surface area contributed by atoms with Gasteiger partial charge in [0.25, 0.3) is 0 Å². The zero-order valence-corrected chi connectivity index (χ0v) is 9.48. The number of aromatic nitrogens is 1. The summed E-state index contributed by atoms with van der Waals surface area (Å²) in [6.07, 6.45) is 1.81. The Balaban J connectivity index is 2.89. The minimum atomic E-state index is -0.254. The minimum Gasteiger partial charge on any atom is -0.356 e. The summed E-state index contributed by atoms with van der Waals surface area (Å²) in [4.78, 5) is 15.1. The van der Waals surface area contributed by atoms with Gasteiger partial charge >= 0.3 is 0 Å². The Bertz CT molecular complexity index is 323. The number of Topliss-reactive ketones (excluding diaryl/α,β-unsaturated/α-hetero) is 1. The summed E-state index contributed by atoms with van der Waals surface area (Å²) < 4.78 is 0. The highest BCUT2D eigenvalue weighted by atomic mass is 16.1. The standard InChI is InChI=1S/C12H19NO/c1-5-9-7-8-10(13-9)11(14)12(3,4)6-2/h7-8,13H,5-6H2,1-4H3. The zero-order chi connectivity index (χ0) is 10.8. The van der Waals surface area contributed by atoms with Crippen LogP contribution in [0.4, 0.5) is 0 Å². The molecule has 1 heterocycles. The number of H-pyrrole nitrogens is 1. The molecule has 1 N–H and O–H groups in total. The van der Waals surface area contributed by atoms with E-state index in [9.17, 15) is 4.79 Å². The molecule has 0 aliphatic carbocycles. The van der Waals surface area contributed by atoms with Gasteiger partial charge in [-0.05, 0) is 25.0 Å². The Hall–Kier alpha value is -1.05. The van der Waals surface area contributed by atoms with E-state index in [4.69, 9.17) is 0 Å². The van der Waals surface area contributed by atoms with Crippen molar-refractivity contribution >= 4 is 5.78 Å². The summed E-state index contributed by atoms with van der Waals surface area (Å²) in [5, 5.41) is 0. The summed E-state index contributed by atoms with van der Waals surface area (Å²) in [7, 11) is 0. The first kappa shape index (κ1) is 11.0. The summed E-state index contributed by atoms with van der Waals surface area (Å²) in [5.74, 6) is 0.208. The predicted molar refractivity (Wildman–Crippen MR) is 58.6 cm³/mol. The second-order valence-corrected chi connectivity index (χ2v) is 4.32. The fraction of sp³-hybridized carbons (Fsp3) is 0.583. The lowest BCUT2D eigenvalue weighted by Crippen LogP contribution is -2.23. The minimum absolute atomic E-state index is 0.208. The maximum absolute atomic E-state index is 12.0. The molecule has 0 atom stereocenters. The molecule has 0 saturated heterocycles. The van der Waals surface area contributed by atoms with E-state index in [1.807, 2.05) is 32.9 Å². The maximum Gasteiger partial charge on any atom is 0.184 e. The highest BCUT2D eigenvalue weighted by Gasteiger charge is 2.27. The number of hydrogen-bond acceptors (Lipinski definition) is 1. The molecule has 2 nitrogen and oxygen atoms in total. The predicted octanol–water partition coefficient (Wildman–Crippen LogP) is 3.20. The molecule has 1 aromatic heterocycles. The van der Waals surface area contributed by atoms with Gasteiger partial charge in [0.2, 0.25) is 0 Å². The second-order valence-electron chi connectivity index (χ2n) is 4.32. The van der Waals surface area contributed by atoms with E-state index < -0.39 is 0 Å². The molecule has 0 fully saturated rings. The lowest BCUT2D eigenvalue weighted by atomic mass is 9.84. The maximum atomic E-state index is 12.0. The van der Waals surface area contributed by atoms with Crippen molar-refractivity contribution in [3.05, 3.63) is 23.5 Å². The Morgan fingerprint density at radius 1 is 1.36 bits per heavy atom. The Labute approximate surface area is 85.7 Å². The van der Waals surface area contributed by atoms with Crippen molar-refractivity contribution in [3.63, 3.8) is 0 Å². The van der Waals surface area contributed by atoms with E-state index in [1.165, 1.54) is 0 Å². The molecule has 78 valence electrons. The molecule has 1 aromatic rings. The monoisotopic (exact) mass is 193 g/mol. The van der Waals surface area contributed by atoms with E-state index in [1.54, 1.807) is 0 Å². The summed E-state index contributed by atoms with van der Waals surface area (Å²) >= 11 is 0. The molecule has 0 aromatic carbocycles. The first-order valence-electron chi connectivity index (χ1n) is 5.24. The van der Waals surface area contributed by atoms with Crippen LogP contribution in [0.25, 0.3) is 0 Å². The number of rotatable bonds is 4. The average molecular weight is 193 g/mol. The third kappa shape index (κ3) is 2.06. The largest absolute Gasteiger partial charge is 0.356 e. The van der Waals surface area contributed by atoms with Crippen molar-refractivity contribution in [1.29, 1.82) is 0 Å². The van der Waals surface area contributed by atoms with Crippen LogP contribution in [-0.2, 0) is 6.42 Å². The number of carbonyl (C=O) groups excluding carboxylic acids is 1. The number of aryl methyl sites for hydroxylation is 1. The van der Waals surface area contributed by atoms with Gasteiger partial charge in [0, 0.05) is 11.1 Å². The van der Waals surface area contributed by atoms with E-state index in [-0.39, 0.29) is 11.2 Å². The molecule has 0 amide bonds. The van der Waals surface area contributed by atoms with E-state index >= 15 is 0 Å². The van der Waals surface area contributed by atoms with Crippen LogP contribution < -0.4 is 0 Å². The van der Waals surface area contributed by atoms with Crippen LogP contribution in [0.5, 0.6) is 0 Å². The third-order valence-corrected chi connectivity index (χ3v) is 2.87. The van der Waals surface area contributed by atoms with Crippen molar-refractivity contribution in [2.45, 2.75) is 40.5 Å². The first-order chi connectivity index (χ1) is 6.51. The molecule has 0 aliphatic rings. The van der Waals surface area contributed by atoms with Crippen LogP contribution in [0.15, 0.2) is 12.1 Å². The Morgan fingerprint density at radius 3 is 2.43 bits per heavy atom. The van der Waals surface area contributed by atoms with Crippen molar-refractivity contribution in [1.82, 2.24) is 4.98 Å². The van der Waals surface area contributed by atoms with Gasteiger partial charge in [-0.3, -0.25) is 4.79 Å². The van der Waals surface area contributed by atoms with Crippen molar-refractivity contribution < 1.29 is 4.79 Å². The Morgan fingerprint density at radius 2 is 2.00 bits per heavy atom. The molecule has 2 heteroatoms. The number of aromatic amines is 1. The van der Waals surface area contributed by atoms with Gasteiger partial charge in [-0.25, -0.2) is 0 Å². The number of ketones is 1. The molecule has 14 heavy (non-hydrogen) atoms. The molecule has 0 unspecified atom stereocenters. The number of carbonyl (C=O) groups is 1. The van der Waals surface area contributed by atoms with Gasteiger partial charge in [0.05, 0.1) is 5.69 Å². The van der Waals surface area contributed by atoms with Crippen LogP contribution in [0.1, 0.15) is 50.3 Å². The smallest absolute Gasteiger partial charge is 0.184 e. The third-order valence-electron chi connectivity index (χ3n) is 2.87. The van der Waals surface area contributed by atoms with Crippen LogP contribution in [0.2, 0.25) is 0 Å². The highest BCUT2D eigenvalue weighted by Crippen LogP contribution is 2.25. The van der Waals surface area contributed by atoms with Gasteiger partial charge in [-0.2, -0.15) is 0 Å². The first-order valence-corrected chi connectivity index (χ1v) is 5.24. The summed E-state index contributed by atoms with van der Waals surface area (Å²) in [6, 6.07) is 3.87. The van der Waals surface area contributed by atoms with Crippen LogP contribution in [0, 0.1) is 5.41 Å². The van der Waals surface area contributed by atoms with E-state index in [0.717, 1.165) is 24.2 Å². The van der Waals surface area contributed by atoms with Crippen LogP contribution in [0.3, 0.4) is 0 Å². The van der Waals surface area contributed by atoms with Gasteiger partial charge in [0.15, 0.2) is 5.78 Å². The molecular weight excluding hydrogens is 174 g/mol. The van der Waals surface area contributed by atoms with E-state index in [0.29, 0.717) is 0 Å².